The molecule has 5 nitrogen and oxygen atoms in total. The van der Waals surface area contributed by atoms with E-state index in [0.29, 0.717) is 18.7 Å². The molecule has 0 saturated carbocycles. The summed E-state index contributed by atoms with van der Waals surface area (Å²) in [4.78, 5) is 22.9. The number of esters is 1. The van der Waals surface area contributed by atoms with Crippen LogP contribution in [-0.2, 0) is 16.1 Å². The van der Waals surface area contributed by atoms with Crippen LogP contribution in [0.25, 0.3) is 0 Å². The largest absolute Gasteiger partial charge is 0.465 e. The van der Waals surface area contributed by atoms with Gasteiger partial charge in [0.05, 0.1) is 18.1 Å². The topological polar surface area (TPSA) is 67.4 Å². The monoisotopic (exact) mass is 296 g/mol. The van der Waals surface area contributed by atoms with Gasteiger partial charge in [-0.15, -0.1) is 0 Å². The van der Waals surface area contributed by atoms with Gasteiger partial charge in [0.15, 0.2) is 0 Å². The van der Waals surface area contributed by atoms with Crippen molar-refractivity contribution in [3.05, 3.63) is 35.1 Å². The Morgan fingerprint density at radius 3 is 2.52 bits per heavy atom. The Morgan fingerprint density at radius 2 is 2.00 bits per heavy atom. The molecule has 6 heteroatoms. The second kappa shape index (κ2) is 7.17. The van der Waals surface area contributed by atoms with Gasteiger partial charge in [-0.2, -0.15) is 0 Å². The number of amides is 1. The van der Waals surface area contributed by atoms with E-state index in [2.05, 4.69) is 15.4 Å². The fourth-order valence-corrected chi connectivity index (χ4v) is 1.88. The number of methoxy groups -OCH3 is 1. The molecule has 1 aromatic carbocycles. The molecule has 0 aliphatic heterocycles. The van der Waals surface area contributed by atoms with Crippen molar-refractivity contribution in [2.24, 2.45) is 5.41 Å². The van der Waals surface area contributed by atoms with Crippen molar-refractivity contribution in [2.45, 2.75) is 20.4 Å². The SMILES string of the molecule is CNC(=O)C(C)(C)CNCc1ccc(C(=O)OC)c(F)c1. The van der Waals surface area contributed by atoms with Gasteiger partial charge in [-0.25, -0.2) is 9.18 Å². The number of carbonyl (C=O) groups is 2. The number of rotatable bonds is 6. The van der Waals surface area contributed by atoms with Gasteiger partial charge < -0.3 is 15.4 Å². The summed E-state index contributed by atoms with van der Waals surface area (Å²) in [5.41, 5.74) is 0.0407. The Bertz CT molecular complexity index is 530. The average molecular weight is 296 g/mol. The Kier molecular flexibility index (Phi) is 5.84. The van der Waals surface area contributed by atoms with E-state index in [-0.39, 0.29) is 11.5 Å². The van der Waals surface area contributed by atoms with Gasteiger partial charge in [0.25, 0.3) is 0 Å². The molecule has 0 unspecified atom stereocenters. The Hall–Kier alpha value is -1.95. The van der Waals surface area contributed by atoms with Gasteiger partial charge in [0.2, 0.25) is 5.91 Å². The first-order valence-corrected chi connectivity index (χ1v) is 6.61. The molecule has 1 aromatic rings. The molecular formula is C15H21FN2O3. The van der Waals surface area contributed by atoms with Gasteiger partial charge >= 0.3 is 5.97 Å². The van der Waals surface area contributed by atoms with Crippen molar-refractivity contribution in [1.29, 1.82) is 0 Å². The molecule has 21 heavy (non-hydrogen) atoms. The molecule has 0 aromatic heterocycles. The van der Waals surface area contributed by atoms with Gasteiger partial charge in [-0.05, 0) is 31.5 Å². The first-order chi connectivity index (χ1) is 9.81. The Morgan fingerprint density at radius 1 is 1.33 bits per heavy atom. The second-order valence-corrected chi connectivity index (χ2v) is 5.37. The van der Waals surface area contributed by atoms with E-state index < -0.39 is 17.2 Å². The molecule has 2 N–H and O–H groups in total. The van der Waals surface area contributed by atoms with Gasteiger partial charge in [-0.1, -0.05) is 6.07 Å². The van der Waals surface area contributed by atoms with Crippen molar-refractivity contribution in [3.8, 4) is 0 Å². The maximum Gasteiger partial charge on any atom is 0.340 e. The van der Waals surface area contributed by atoms with E-state index in [9.17, 15) is 14.0 Å². The third kappa shape index (κ3) is 4.53. The van der Waals surface area contributed by atoms with Crippen molar-refractivity contribution in [1.82, 2.24) is 10.6 Å². The van der Waals surface area contributed by atoms with Crippen LogP contribution in [-0.4, -0.2) is 32.6 Å². The van der Waals surface area contributed by atoms with Crippen LogP contribution in [0.3, 0.4) is 0 Å². The predicted octanol–water partition coefficient (Wildman–Crippen LogP) is 1.47. The summed E-state index contributed by atoms with van der Waals surface area (Å²) >= 11 is 0. The van der Waals surface area contributed by atoms with Crippen LogP contribution in [0.1, 0.15) is 29.8 Å². The molecule has 0 aliphatic carbocycles. The summed E-state index contributed by atoms with van der Waals surface area (Å²) in [6, 6.07) is 4.32. The van der Waals surface area contributed by atoms with E-state index in [4.69, 9.17) is 0 Å². The van der Waals surface area contributed by atoms with Gasteiger partial charge in [0.1, 0.15) is 5.82 Å². The fourth-order valence-electron chi connectivity index (χ4n) is 1.88. The lowest BCUT2D eigenvalue weighted by atomic mass is 9.92. The summed E-state index contributed by atoms with van der Waals surface area (Å²) in [6.07, 6.45) is 0. The lowest BCUT2D eigenvalue weighted by Crippen LogP contribution is -2.41. The minimum absolute atomic E-state index is 0.0674. The molecule has 0 radical (unpaired) electrons. The van der Waals surface area contributed by atoms with E-state index in [1.807, 2.05) is 13.8 Å². The quantitative estimate of drug-likeness (QED) is 0.780. The van der Waals surface area contributed by atoms with Crippen LogP contribution in [0.15, 0.2) is 18.2 Å². The minimum atomic E-state index is -0.701. The van der Waals surface area contributed by atoms with Gasteiger partial charge in [0, 0.05) is 20.1 Å². The first-order valence-electron chi connectivity index (χ1n) is 6.61. The van der Waals surface area contributed by atoms with Crippen LogP contribution >= 0.6 is 0 Å². The molecule has 1 rings (SSSR count). The molecule has 0 bridgehead atoms. The molecule has 1 amide bonds. The molecule has 0 fully saturated rings. The Balaban J connectivity index is 2.63. The van der Waals surface area contributed by atoms with E-state index in [1.54, 1.807) is 13.1 Å². The van der Waals surface area contributed by atoms with E-state index >= 15 is 0 Å². The van der Waals surface area contributed by atoms with Crippen molar-refractivity contribution in [2.75, 3.05) is 20.7 Å². The first kappa shape index (κ1) is 17.1. The molecular weight excluding hydrogens is 275 g/mol. The average Bonchev–Trinajstić information content (AvgIpc) is 2.45. The smallest absolute Gasteiger partial charge is 0.340 e. The van der Waals surface area contributed by atoms with Crippen molar-refractivity contribution in [3.63, 3.8) is 0 Å². The number of hydrogen-bond acceptors (Lipinski definition) is 4. The molecule has 0 saturated heterocycles. The zero-order chi connectivity index (χ0) is 16.0. The van der Waals surface area contributed by atoms with Crippen molar-refractivity contribution < 1.29 is 18.7 Å². The molecule has 0 aliphatic rings. The Labute approximate surface area is 123 Å². The zero-order valence-electron chi connectivity index (χ0n) is 12.7. The van der Waals surface area contributed by atoms with Crippen LogP contribution in [0.2, 0.25) is 0 Å². The maximum absolute atomic E-state index is 13.7. The minimum Gasteiger partial charge on any atom is -0.465 e. The van der Waals surface area contributed by atoms with Crippen LogP contribution in [0, 0.1) is 11.2 Å². The highest BCUT2D eigenvalue weighted by atomic mass is 19.1. The fraction of sp³-hybridized carbons (Fsp3) is 0.467. The molecule has 0 atom stereocenters. The number of halogens is 1. The standard InChI is InChI=1S/C15H21FN2O3/c1-15(2,14(20)17-3)9-18-8-10-5-6-11(12(16)7-10)13(19)21-4/h5-7,18H,8-9H2,1-4H3,(H,17,20). The van der Waals surface area contributed by atoms with Crippen LogP contribution < -0.4 is 10.6 Å². The number of benzene rings is 1. The highest BCUT2D eigenvalue weighted by Gasteiger charge is 2.25. The lowest BCUT2D eigenvalue weighted by molar-refractivity contribution is -0.128. The predicted molar refractivity (Wildman–Crippen MR) is 77.3 cm³/mol. The molecule has 0 heterocycles. The lowest BCUT2D eigenvalue weighted by Gasteiger charge is -2.23. The van der Waals surface area contributed by atoms with Crippen LogP contribution in [0.4, 0.5) is 4.39 Å². The summed E-state index contributed by atoms with van der Waals surface area (Å²) < 4.78 is 18.2. The second-order valence-electron chi connectivity index (χ2n) is 5.37. The number of carbonyl (C=O) groups excluding carboxylic acids is 2. The summed E-state index contributed by atoms with van der Waals surface area (Å²) in [5.74, 6) is -1.39. The van der Waals surface area contributed by atoms with E-state index in [0.717, 1.165) is 0 Å². The third-order valence-corrected chi connectivity index (χ3v) is 3.18. The van der Waals surface area contributed by atoms with Crippen molar-refractivity contribution >= 4 is 11.9 Å². The summed E-state index contributed by atoms with van der Waals surface area (Å²) in [6.45, 7) is 4.49. The van der Waals surface area contributed by atoms with E-state index in [1.165, 1.54) is 19.2 Å². The summed E-state index contributed by atoms with van der Waals surface area (Å²) in [5, 5.41) is 5.70. The molecule has 116 valence electrons. The highest BCUT2D eigenvalue weighted by molar-refractivity contribution is 5.89. The summed E-state index contributed by atoms with van der Waals surface area (Å²) in [7, 11) is 2.79. The number of hydrogen-bond donors (Lipinski definition) is 2. The van der Waals surface area contributed by atoms with Gasteiger partial charge in [-0.3, -0.25) is 4.79 Å². The highest BCUT2D eigenvalue weighted by Crippen LogP contribution is 2.15. The van der Waals surface area contributed by atoms with Crippen LogP contribution in [0.5, 0.6) is 0 Å². The number of ether oxygens (including phenoxy) is 1. The maximum atomic E-state index is 13.7. The number of nitrogens with one attached hydrogen (secondary N) is 2. The third-order valence-electron chi connectivity index (χ3n) is 3.18. The normalized spacial score (nSPS) is 11.1. The zero-order valence-corrected chi connectivity index (χ0v) is 12.7. The molecule has 0 spiro atoms.